The van der Waals surface area contributed by atoms with Gasteiger partial charge in [0, 0.05) is 16.8 Å². The van der Waals surface area contributed by atoms with Gasteiger partial charge in [-0.1, -0.05) is 15.9 Å². The molecule has 0 unspecified atom stereocenters. The van der Waals surface area contributed by atoms with E-state index in [1.807, 2.05) is 0 Å². The van der Waals surface area contributed by atoms with Crippen molar-refractivity contribution in [2.24, 2.45) is 0 Å². The average Bonchev–Trinajstić information content (AvgIpc) is 2.27. The van der Waals surface area contributed by atoms with Gasteiger partial charge in [-0.05, 0) is 31.0 Å². The van der Waals surface area contributed by atoms with E-state index in [0.29, 0.717) is 23.2 Å². The lowest BCUT2D eigenvalue weighted by Crippen LogP contribution is -2.19. The molecule has 0 radical (unpaired) electrons. The maximum atomic E-state index is 12.3. The average molecular weight is 360 g/mol. The molecule has 0 heterocycles. The van der Waals surface area contributed by atoms with Crippen LogP contribution in [-0.4, -0.2) is 18.0 Å². The second-order valence-corrected chi connectivity index (χ2v) is 5.05. The molecule has 7 heteroatoms. The van der Waals surface area contributed by atoms with E-state index in [1.54, 1.807) is 0 Å². The highest BCUT2D eigenvalue weighted by atomic mass is 79.9. The Hall–Kier alpha value is -0.750. The minimum atomic E-state index is -4.83. The molecule has 19 heavy (non-hydrogen) atoms. The monoisotopic (exact) mass is 358 g/mol. The van der Waals surface area contributed by atoms with Crippen molar-refractivity contribution >= 4 is 33.3 Å². The number of Topliss-reactive ketones (excluding diaryl/α,β-unsaturated/α-hetero) is 1. The first-order valence-corrected chi connectivity index (χ1v) is 6.80. The van der Waals surface area contributed by atoms with Crippen molar-refractivity contribution in [3.05, 3.63) is 28.2 Å². The highest BCUT2D eigenvalue weighted by Crippen LogP contribution is 2.30. The zero-order valence-corrected chi connectivity index (χ0v) is 12.1. The SMILES string of the molecule is O=C(CCCCCl)c1ccc(Br)cc1OC(F)(F)F. The van der Waals surface area contributed by atoms with Crippen molar-refractivity contribution < 1.29 is 22.7 Å². The first-order valence-electron chi connectivity index (χ1n) is 5.48. The quantitative estimate of drug-likeness (QED) is 0.408. The lowest BCUT2D eigenvalue weighted by molar-refractivity contribution is -0.274. The molecule has 106 valence electrons. The number of rotatable bonds is 6. The van der Waals surface area contributed by atoms with E-state index in [4.69, 9.17) is 11.6 Å². The third kappa shape index (κ3) is 5.82. The van der Waals surface area contributed by atoms with Crippen LogP contribution >= 0.6 is 27.5 Å². The van der Waals surface area contributed by atoms with E-state index in [1.165, 1.54) is 12.1 Å². The van der Waals surface area contributed by atoms with Gasteiger partial charge in [0.15, 0.2) is 5.78 Å². The van der Waals surface area contributed by atoms with E-state index >= 15 is 0 Å². The highest BCUT2D eigenvalue weighted by molar-refractivity contribution is 9.10. The van der Waals surface area contributed by atoms with Crippen LogP contribution in [0.1, 0.15) is 29.6 Å². The summed E-state index contributed by atoms with van der Waals surface area (Å²) in [5.74, 6) is -0.464. The highest BCUT2D eigenvalue weighted by Gasteiger charge is 2.32. The molecule has 1 aromatic rings. The van der Waals surface area contributed by atoms with Gasteiger partial charge in [-0.15, -0.1) is 24.8 Å². The van der Waals surface area contributed by atoms with Crippen molar-refractivity contribution in [3.63, 3.8) is 0 Å². The third-order valence-corrected chi connectivity index (χ3v) is 3.02. The second-order valence-electron chi connectivity index (χ2n) is 3.76. The standard InChI is InChI=1S/C12H11BrClF3O2/c13-8-4-5-9(10(18)3-1-2-6-14)11(7-8)19-12(15,16)17/h4-5,7H,1-3,6H2. The Balaban J connectivity index is 2.90. The first kappa shape index (κ1) is 16.3. The fourth-order valence-corrected chi connectivity index (χ4v) is 1.98. The van der Waals surface area contributed by atoms with Gasteiger partial charge in [0.1, 0.15) is 5.75 Å². The van der Waals surface area contributed by atoms with Crippen LogP contribution in [0.15, 0.2) is 22.7 Å². The number of halogens is 5. The molecular formula is C12H11BrClF3O2. The zero-order chi connectivity index (χ0) is 14.5. The van der Waals surface area contributed by atoms with E-state index < -0.39 is 17.9 Å². The van der Waals surface area contributed by atoms with E-state index in [-0.39, 0.29) is 12.0 Å². The van der Waals surface area contributed by atoms with Gasteiger partial charge >= 0.3 is 6.36 Å². The minimum Gasteiger partial charge on any atom is -0.405 e. The molecule has 0 amide bonds. The van der Waals surface area contributed by atoms with Gasteiger partial charge < -0.3 is 4.74 Å². The molecule has 0 aromatic heterocycles. The fourth-order valence-electron chi connectivity index (χ4n) is 1.45. The fraction of sp³-hybridized carbons (Fsp3) is 0.417. The van der Waals surface area contributed by atoms with Crippen LogP contribution in [0, 0.1) is 0 Å². The number of hydrogen-bond donors (Lipinski definition) is 0. The van der Waals surface area contributed by atoms with E-state index in [9.17, 15) is 18.0 Å². The maximum Gasteiger partial charge on any atom is 0.573 e. The number of carbonyl (C=O) groups excluding carboxylic acids is 1. The van der Waals surface area contributed by atoms with E-state index in [2.05, 4.69) is 20.7 Å². The molecule has 0 aliphatic heterocycles. The van der Waals surface area contributed by atoms with Crippen LogP contribution < -0.4 is 4.74 Å². The number of hydrogen-bond acceptors (Lipinski definition) is 2. The summed E-state index contributed by atoms with van der Waals surface area (Å²) in [6.07, 6.45) is -3.52. The van der Waals surface area contributed by atoms with Gasteiger partial charge in [0.2, 0.25) is 0 Å². The Morgan fingerprint density at radius 2 is 2.00 bits per heavy atom. The Labute approximate surface area is 122 Å². The Morgan fingerprint density at radius 3 is 2.58 bits per heavy atom. The molecule has 0 N–H and O–H groups in total. The van der Waals surface area contributed by atoms with Gasteiger partial charge in [0.05, 0.1) is 5.56 Å². The van der Waals surface area contributed by atoms with Crippen LogP contribution in [0.5, 0.6) is 5.75 Å². The molecule has 0 aliphatic rings. The molecule has 1 rings (SSSR count). The summed E-state index contributed by atoms with van der Waals surface area (Å²) in [5.41, 5.74) is -0.0740. The predicted octanol–water partition coefficient (Wildman–Crippen LogP) is 4.94. The Morgan fingerprint density at radius 1 is 1.32 bits per heavy atom. The molecule has 0 spiro atoms. The number of ketones is 1. The van der Waals surface area contributed by atoms with Gasteiger partial charge in [-0.2, -0.15) is 0 Å². The molecule has 0 saturated heterocycles. The minimum absolute atomic E-state index is 0.0740. The Bertz CT molecular complexity index is 449. The lowest BCUT2D eigenvalue weighted by atomic mass is 10.0. The maximum absolute atomic E-state index is 12.3. The van der Waals surface area contributed by atoms with Crippen LogP contribution in [0.2, 0.25) is 0 Å². The Kier molecular flexibility index (Phi) is 6.13. The summed E-state index contributed by atoms with van der Waals surface area (Å²) in [4.78, 5) is 11.8. The molecule has 0 fully saturated rings. The lowest BCUT2D eigenvalue weighted by Gasteiger charge is -2.13. The summed E-state index contributed by atoms with van der Waals surface area (Å²) >= 11 is 8.52. The smallest absolute Gasteiger partial charge is 0.405 e. The van der Waals surface area contributed by atoms with Crippen molar-refractivity contribution in [2.45, 2.75) is 25.6 Å². The molecule has 0 saturated carbocycles. The second kappa shape index (κ2) is 7.14. The largest absolute Gasteiger partial charge is 0.573 e. The topological polar surface area (TPSA) is 26.3 Å². The first-order chi connectivity index (χ1) is 8.83. The van der Waals surface area contributed by atoms with E-state index in [0.717, 1.165) is 6.07 Å². The molecular weight excluding hydrogens is 348 g/mol. The van der Waals surface area contributed by atoms with Crippen LogP contribution in [-0.2, 0) is 0 Å². The van der Waals surface area contributed by atoms with Crippen LogP contribution in [0.4, 0.5) is 13.2 Å². The molecule has 0 atom stereocenters. The molecule has 1 aromatic carbocycles. The number of ether oxygens (including phenoxy) is 1. The van der Waals surface area contributed by atoms with Gasteiger partial charge in [-0.25, -0.2) is 0 Å². The summed E-state index contributed by atoms with van der Waals surface area (Å²) in [6, 6.07) is 3.94. The van der Waals surface area contributed by atoms with Crippen molar-refractivity contribution in [3.8, 4) is 5.75 Å². The number of alkyl halides is 4. The summed E-state index contributed by atoms with van der Waals surface area (Å²) in [5, 5.41) is 0. The predicted molar refractivity (Wildman–Crippen MR) is 69.7 cm³/mol. The molecule has 2 nitrogen and oxygen atoms in total. The molecule has 0 aliphatic carbocycles. The van der Waals surface area contributed by atoms with Crippen molar-refractivity contribution in [1.29, 1.82) is 0 Å². The number of carbonyl (C=O) groups is 1. The number of unbranched alkanes of at least 4 members (excludes halogenated alkanes) is 1. The summed E-state index contributed by atoms with van der Waals surface area (Å²) < 4.78 is 41.0. The van der Waals surface area contributed by atoms with Gasteiger partial charge in [-0.3, -0.25) is 4.79 Å². The van der Waals surface area contributed by atoms with Crippen molar-refractivity contribution in [1.82, 2.24) is 0 Å². The van der Waals surface area contributed by atoms with Gasteiger partial charge in [0.25, 0.3) is 0 Å². The van der Waals surface area contributed by atoms with Crippen LogP contribution in [0.25, 0.3) is 0 Å². The summed E-state index contributed by atoms with van der Waals surface area (Å²) in [7, 11) is 0. The number of benzene rings is 1. The van der Waals surface area contributed by atoms with Crippen molar-refractivity contribution in [2.75, 3.05) is 5.88 Å². The molecule has 0 bridgehead atoms. The zero-order valence-electron chi connectivity index (χ0n) is 9.77. The normalized spacial score (nSPS) is 11.4. The third-order valence-electron chi connectivity index (χ3n) is 2.26. The summed E-state index contributed by atoms with van der Waals surface area (Å²) in [6.45, 7) is 0. The van der Waals surface area contributed by atoms with Crippen LogP contribution in [0.3, 0.4) is 0 Å².